The van der Waals surface area contributed by atoms with E-state index in [0.29, 0.717) is 27.1 Å². The minimum atomic E-state index is 0.297. The Balaban J connectivity index is 1.10. The molecule has 5 heteroatoms. The first-order valence-corrected chi connectivity index (χ1v) is 19.2. The first-order chi connectivity index (χ1) is 19.6. The van der Waals surface area contributed by atoms with E-state index < -0.39 is 0 Å². The van der Waals surface area contributed by atoms with Crippen LogP contribution in [0.4, 0.5) is 0 Å². The van der Waals surface area contributed by atoms with Crippen LogP contribution in [0.25, 0.3) is 0 Å². The molecule has 5 saturated carbocycles. The van der Waals surface area contributed by atoms with Gasteiger partial charge in [0.05, 0.1) is 0 Å². The van der Waals surface area contributed by atoms with Crippen molar-refractivity contribution >= 4 is 56.7 Å². The van der Waals surface area contributed by atoms with E-state index in [0.717, 1.165) is 0 Å². The topological polar surface area (TPSA) is 0 Å². The Hall–Kier alpha value is -1.50. The molecule has 0 saturated heterocycles. The van der Waals surface area contributed by atoms with Gasteiger partial charge in [-0.25, -0.2) is 0 Å². The zero-order chi connectivity index (χ0) is 26.0. The molecule has 40 heavy (non-hydrogen) atoms. The van der Waals surface area contributed by atoms with Crippen molar-refractivity contribution in [2.45, 2.75) is 91.3 Å². The van der Waals surface area contributed by atoms with Crippen molar-refractivity contribution in [2.75, 3.05) is 0 Å². The Morgan fingerprint density at radius 2 is 0.375 bits per heavy atom. The van der Waals surface area contributed by atoms with Crippen LogP contribution in [0, 0.1) is 0 Å². The first kappa shape index (κ1) is 23.0. The molecule has 6 heterocycles. The summed E-state index contributed by atoms with van der Waals surface area (Å²) >= 11 is 10.8. The van der Waals surface area contributed by atoms with Gasteiger partial charge < -0.3 is 0 Å². The summed E-state index contributed by atoms with van der Waals surface area (Å²) < 4.78 is 0. The molecule has 10 bridgehead atoms. The number of hydrogen-bond acceptors (Lipinski definition) is 5. The number of thiophene rings is 5. The third kappa shape index (κ3) is 2.79. The van der Waals surface area contributed by atoms with Crippen LogP contribution in [0.3, 0.4) is 0 Å². The average molecular weight is 611 g/mol. The molecule has 11 rings (SSSR count). The van der Waals surface area contributed by atoms with Gasteiger partial charge in [-0.3, -0.25) is 0 Å². The summed E-state index contributed by atoms with van der Waals surface area (Å²) in [5.41, 5.74) is 1.49. The second-order valence-electron chi connectivity index (χ2n) is 13.7. The standard InChI is InChI=1S/C35H30S5/c1-2-22-32(13-14-32)24-5-6-26(38-24)34(17-18-34)28-9-10-30(40-28)35(19-20-35)29-8-7-27(39-29)33(15-16-33)25-4-3-23(37-25)31(11-12-31)21(1)36-22/h1-10H,11-20H2. The zero-order valence-electron chi connectivity index (χ0n) is 22.4. The van der Waals surface area contributed by atoms with E-state index in [1.165, 1.54) is 64.2 Å². The zero-order valence-corrected chi connectivity index (χ0v) is 26.5. The lowest BCUT2D eigenvalue weighted by Gasteiger charge is -2.16. The quantitative estimate of drug-likeness (QED) is 0.164. The molecule has 0 N–H and O–H groups in total. The van der Waals surface area contributed by atoms with Crippen molar-refractivity contribution in [1.82, 2.24) is 0 Å². The number of fused-ring (bicyclic) bond motifs is 20. The van der Waals surface area contributed by atoms with Crippen LogP contribution in [0.5, 0.6) is 0 Å². The molecule has 5 aromatic rings. The van der Waals surface area contributed by atoms with Crippen molar-refractivity contribution in [3.63, 3.8) is 0 Å². The Morgan fingerprint density at radius 1 is 0.250 bits per heavy atom. The molecule has 5 aromatic heterocycles. The van der Waals surface area contributed by atoms with E-state index >= 15 is 0 Å². The molecule has 6 aliphatic rings. The van der Waals surface area contributed by atoms with Gasteiger partial charge in [-0.2, -0.15) is 0 Å². The van der Waals surface area contributed by atoms with Crippen LogP contribution < -0.4 is 0 Å². The highest BCUT2D eigenvalue weighted by atomic mass is 32.1. The Morgan fingerprint density at radius 3 is 0.475 bits per heavy atom. The molecule has 0 atom stereocenters. The van der Waals surface area contributed by atoms with E-state index in [-0.39, 0.29) is 0 Å². The van der Waals surface area contributed by atoms with E-state index in [4.69, 9.17) is 0 Å². The number of rotatable bonds is 0. The van der Waals surface area contributed by atoms with Gasteiger partial charge in [-0.05, 0) is 125 Å². The minimum absolute atomic E-state index is 0.297. The lowest BCUT2D eigenvalue weighted by molar-refractivity contribution is 0.894. The molecule has 0 amide bonds. The molecule has 5 aliphatic carbocycles. The molecule has 200 valence electrons. The molecule has 5 spiro atoms. The molecular weight excluding hydrogens is 581 g/mol. The summed E-state index contributed by atoms with van der Waals surface area (Å²) in [7, 11) is 0. The van der Waals surface area contributed by atoms with Gasteiger partial charge in [0, 0.05) is 75.8 Å². The summed E-state index contributed by atoms with van der Waals surface area (Å²) in [5.74, 6) is 0. The molecule has 0 unspecified atom stereocenters. The molecule has 0 nitrogen and oxygen atoms in total. The van der Waals surface area contributed by atoms with Crippen molar-refractivity contribution in [3.8, 4) is 0 Å². The smallest absolute Gasteiger partial charge is 0.0391 e. The Kier molecular flexibility index (Phi) is 4.12. The highest BCUT2D eigenvalue weighted by molar-refractivity contribution is 7.16. The van der Waals surface area contributed by atoms with Crippen molar-refractivity contribution < 1.29 is 0 Å². The molecule has 0 radical (unpaired) electrons. The van der Waals surface area contributed by atoms with Crippen molar-refractivity contribution in [3.05, 3.63) is 109 Å². The highest BCUT2D eigenvalue weighted by Crippen LogP contribution is 2.67. The summed E-state index contributed by atoms with van der Waals surface area (Å²) in [6.45, 7) is 0. The summed E-state index contributed by atoms with van der Waals surface area (Å²) in [6.07, 6.45) is 13.3. The van der Waals surface area contributed by atoms with E-state index in [9.17, 15) is 0 Å². The van der Waals surface area contributed by atoms with Crippen LogP contribution in [0.1, 0.15) is 113 Å². The van der Waals surface area contributed by atoms with E-state index in [1.54, 1.807) is 48.8 Å². The maximum absolute atomic E-state index is 2.52. The highest BCUT2D eigenvalue weighted by Gasteiger charge is 2.56. The summed E-state index contributed by atoms with van der Waals surface area (Å²) in [4.78, 5) is 16.4. The molecular formula is C35H30S5. The van der Waals surface area contributed by atoms with E-state index in [1.807, 2.05) is 0 Å². The fourth-order valence-electron chi connectivity index (χ4n) is 7.96. The Bertz CT molecular complexity index is 1430. The van der Waals surface area contributed by atoms with Gasteiger partial charge in [-0.15, -0.1) is 56.7 Å². The monoisotopic (exact) mass is 610 g/mol. The maximum atomic E-state index is 2.52. The maximum Gasteiger partial charge on any atom is 0.0391 e. The van der Waals surface area contributed by atoms with Crippen LogP contribution >= 0.6 is 56.7 Å². The van der Waals surface area contributed by atoms with Gasteiger partial charge in [-0.1, -0.05) is 0 Å². The SMILES string of the molecule is c1cc2sc1C1(CC1)c1ccc(s1)C1(CC1)c1ccc(s1)C1(CC1)c1ccc(s1)C1(CC1)c1ccc(s1)C21CC1. The van der Waals surface area contributed by atoms with E-state index in [2.05, 4.69) is 117 Å². The molecule has 5 fully saturated rings. The summed E-state index contributed by atoms with van der Waals surface area (Å²) in [5, 5.41) is 0. The molecule has 1 aliphatic heterocycles. The average Bonchev–Trinajstić information content (AvgIpc) is 3.96. The van der Waals surface area contributed by atoms with Crippen LogP contribution in [-0.2, 0) is 27.1 Å². The minimum Gasteiger partial charge on any atom is -0.143 e. The third-order valence-electron chi connectivity index (χ3n) is 11.5. The van der Waals surface area contributed by atoms with Crippen LogP contribution in [0.15, 0.2) is 60.7 Å². The third-order valence-corrected chi connectivity index (χ3v) is 19.0. The van der Waals surface area contributed by atoms with Crippen LogP contribution in [-0.4, -0.2) is 0 Å². The lowest BCUT2D eigenvalue weighted by atomic mass is 10.00. The van der Waals surface area contributed by atoms with Gasteiger partial charge in [0.2, 0.25) is 0 Å². The Labute approximate surface area is 255 Å². The normalized spacial score (nSPS) is 25.5. The summed E-state index contributed by atoms with van der Waals surface area (Å²) in [6, 6.07) is 25.2. The lowest BCUT2D eigenvalue weighted by Crippen LogP contribution is -2.06. The second kappa shape index (κ2) is 7.17. The largest absolute Gasteiger partial charge is 0.143 e. The fourth-order valence-corrected chi connectivity index (χ4v) is 15.9. The van der Waals surface area contributed by atoms with Crippen molar-refractivity contribution in [2.24, 2.45) is 0 Å². The van der Waals surface area contributed by atoms with Crippen molar-refractivity contribution in [1.29, 1.82) is 0 Å². The number of hydrogen-bond donors (Lipinski definition) is 0. The predicted octanol–water partition coefficient (Wildman–Crippen LogP) is 10.7. The fraction of sp³-hybridized carbons (Fsp3) is 0.429. The second-order valence-corrected chi connectivity index (χ2v) is 19.1. The van der Waals surface area contributed by atoms with Gasteiger partial charge in [0.25, 0.3) is 0 Å². The van der Waals surface area contributed by atoms with Crippen LogP contribution in [0.2, 0.25) is 0 Å². The van der Waals surface area contributed by atoms with Gasteiger partial charge >= 0.3 is 0 Å². The predicted molar refractivity (Wildman–Crippen MR) is 172 cm³/mol. The van der Waals surface area contributed by atoms with Gasteiger partial charge in [0.1, 0.15) is 0 Å². The van der Waals surface area contributed by atoms with Gasteiger partial charge in [0.15, 0.2) is 0 Å². The molecule has 0 aromatic carbocycles. The first-order valence-electron chi connectivity index (χ1n) is 15.1.